The average Bonchev–Trinajstić information content (AvgIpc) is 2.68. The number of halogens is 3. The molecule has 0 unspecified atom stereocenters. The number of fused-ring (bicyclic) bond motifs is 1. The number of benzene rings is 1. The minimum absolute atomic E-state index is 0.181. The number of aryl methyl sites for hydroxylation is 1. The van der Waals surface area contributed by atoms with Gasteiger partial charge in [0.25, 0.3) is 5.69 Å². The minimum Gasteiger partial charge on any atom is -0.342 e. The fourth-order valence-electron chi connectivity index (χ4n) is 1.82. The summed E-state index contributed by atoms with van der Waals surface area (Å²) in [6.07, 6.45) is -3.85. The molecule has 18 heavy (non-hydrogen) atoms. The van der Waals surface area contributed by atoms with Gasteiger partial charge in [-0.05, 0) is 6.07 Å². The average molecular weight is 258 g/mol. The van der Waals surface area contributed by atoms with Crippen molar-refractivity contribution in [3.05, 3.63) is 40.6 Å². The van der Waals surface area contributed by atoms with Crippen LogP contribution in [-0.2, 0) is 6.54 Å². The maximum absolute atomic E-state index is 12.2. The van der Waals surface area contributed by atoms with Gasteiger partial charge in [0.2, 0.25) is 0 Å². The lowest BCUT2D eigenvalue weighted by atomic mass is 10.2. The zero-order chi connectivity index (χ0) is 13.3. The standard InChI is InChI=1S/C11H9F3N2O2/c12-11(13,14)5-7-15-6-4-8-2-1-3-9(10(8)15)16(17)18/h1-4,6H,5,7H2. The molecule has 0 amide bonds. The summed E-state index contributed by atoms with van der Waals surface area (Å²) in [6, 6.07) is 5.99. The van der Waals surface area contributed by atoms with E-state index in [9.17, 15) is 23.3 Å². The van der Waals surface area contributed by atoms with Crippen LogP contribution in [-0.4, -0.2) is 15.7 Å². The number of aromatic nitrogens is 1. The number of nitrogens with zero attached hydrogens (tertiary/aromatic N) is 2. The Morgan fingerprint density at radius 1 is 1.28 bits per heavy atom. The number of hydrogen-bond acceptors (Lipinski definition) is 2. The van der Waals surface area contributed by atoms with Gasteiger partial charge in [0.1, 0.15) is 5.52 Å². The third-order valence-corrected chi connectivity index (χ3v) is 2.60. The highest BCUT2D eigenvalue weighted by Gasteiger charge is 2.27. The smallest absolute Gasteiger partial charge is 0.342 e. The van der Waals surface area contributed by atoms with Crippen LogP contribution in [0, 0.1) is 10.1 Å². The molecule has 0 bridgehead atoms. The third-order valence-electron chi connectivity index (χ3n) is 2.60. The van der Waals surface area contributed by atoms with Crippen molar-refractivity contribution in [2.75, 3.05) is 0 Å². The zero-order valence-corrected chi connectivity index (χ0v) is 9.15. The summed E-state index contributed by atoms with van der Waals surface area (Å²) in [5, 5.41) is 11.4. The molecule has 0 aliphatic heterocycles. The molecule has 1 heterocycles. The summed E-state index contributed by atoms with van der Waals surface area (Å²) >= 11 is 0. The van der Waals surface area contributed by atoms with E-state index in [1.54, 1.807) is 12.1 Å². The molecule has 0 spiro atoms. The Bertz CT molecular complexity index is 589. The summed E-state index contributed by atoms with van der Waals surface area (Å²) in [7, 11) is 0. The Labute approximate surface area is 99.8 Å². The molecule has 0 saturated heterocycles. The van der Waals surface area contributed by atoms with Crippen LogP contribution in [0.4, 0.5) is 18.9 Å². The number of non-ortho nitro benzene ring substituents is 1. The first-order chi connectivity index (χ1) is 8.38. The van der Waals surface area contributed by atoms with E-state index < -0.39 is 17.5 Å². The molecule has 2 rings (SSSR count). The van der Waals surface area contributed by atoms with Gasteiger partial charge in [0.15, 0.2) is 0 Å². The lowest BCUT2D eigenvalue weighted by Gasteiger charge is -2.08. The van der Waals surface area contributed by atoms with Crippen LogP contribution in [0.1, 0.15) is 6.42 Å². The predicted molar refractivity (Wildman–Crippen MR) is 59.3 cm³/mol. The van der Waals surface area contributed by atoms with Crippen molar-refractivity contribution in [3.63, 3.8) is 0 Å². The fraction of sp³-hybridized carbons (Fsp3) is 0.273. The normalized spacial score (nSPS) is 11.9. The number of rotatable bonds is 3. The lowest BCUT2D eigenvalue weighted by Crippen LogP contribution is -2.12. The van der Waals surface area contributed by atoms with Gasteiger partial charge in [0.05, 0.1) is 11.3 Å². The molecule has 1 aromatic carbocycles. The zero-order valence-electron chi connectivity index (χ0n) is 9.15. The lowest BCUT2D eigenvalue weighted by molar-refractivity contribution is -0.383. The van der Waals surface area contributed by atoms with Crippen molar-refractivity contribution in [3.8, 4) is 0 Å². The second kappa shape index (κ2) is 4.32. The van der Waals surface area contributed by atoms with Gasteiger partial charge in [0, 0.05) is 24.2 Å². The minimum atomic E-state index is -4.28. The van der Waals surface area contributed by atoms with E-state index in [-0.39, 0.29) is 17.7 Å². The van der Waals surface area contributed by atoms with Gasteiger partial charge in [-0.1, -0.05) is 12.1 Å². The Morgan fingerprint density at radius 2 is 2.00 bits per heavy atom. The topological polar surface area (TPSA) is 48.1 Å². The summed E-state index contributed by atoms with van der Waals surface area (Å²) in [4.78, 5) is 10.2. The van der Waals surface area contributed by atoms with Gasteiger partial charge in [-0.15, -0.1) is 0 Å². The van der Waals surface area contributed by atoms with Gasteiger partial charge >= 0.3 is 6.18 Å². The first-order valence-electron chi connectivity index (χ1n) is 5.17. The summed E-state index contributed by atoms with van der Waals surface area (Å²) in [5.41, 5.74) is 0.0476. The van der Waals surface area contributed by atoms with Crippen LogP contribution in [0.25, 0.3) is 10.9 Å². The highest BCUT2D eigenvalue weighted by molar-refractivity contribution is 5.88. The van der Waals surface area contributed by atoms with Crippen molar-refractivity contribution in [1.82, 2.24) is 4.57 Å². The second-order valence-electron chi connectivity index (χ2n) is 3.85. The van der Waals surface area contributed by atoms with Crippen LogP contribution >= 0.6 is 0 Å². The van der Waals surface area contributed by atoms with E-state index >= 15 is 0 Å². The van der Waals surface area contributed by atoms with E-state index in [0.717, 1.165) is 0 Å². The molecule has 4 nitrogen and oxygen atoms in total. The number of hydrogen-bond donors (Lipinski definition) is 0. The van der Waals surface area contributed by atoms with E-state index in [1.807, 2.05) is 0 Å². The molecule has 96 valence electrons. The van der Waals surface area contributed by atoms with E-state index in [1.165, 1.54) is 22.9 Å². The number of nitro groups is 1. The van der Waals surface area contributed by atoms with Gasteiger partial charge in [-0.3, -0.25) is 10.1 Å². The molecule has 0 N–H and O–H groups in total. The SMILES string of the molecule is O=[N+]([O-])c1cccc2ccn(CCC(F)(F)F)c12. The quantitative estimate of drug-likeness (QED) is 0.624. The van der Waals surface area contributed by atoms with Crippen LogP contribution in [0.15, 0.2) is 30.5 Å². The van der Waals surface area contributed by atoms with Crippen LogP contribution in [0.5, 0.6) is 0 Å². The highest BCUT2D eigenvalue weighted by atomic mass is 19.4. The first kappa shape index (κ1) is 12.4. The van der Waals surface area contributed by atoms with Gasteiger partial charge < -0.3 is 4.57 Å². The molecule has 0 aliphatic carbocycles. The van der Waals surface area contributed by atoms with Crippen LogP contribution in [0.2, 0.25) is 0 Å². The fourth-order valence-corrected chi connectivity index (χ4v) is 1.82. The molecule has 1 aromatic heterocycles. The molecule has 0 saturated carbocycles. The molecule has 0 aliphatic rings. The molecule has 7 heteroatoms. The van der Waals surface area contributed by atoms with E-state index in [2.05, 4.69) is 0 Å². The monoisotopic (exact) mass is 258 g/mol. The Kier molecular flexibility index (Phi) is 2.98. The number of nitro benzene ring substituents is 1. The van der Waals surface area contributed by atoms with Crippen molar-refractivity contribution < 1.29 is 18.1 Å². The van der Waals surface area contributed by atoms with E-state index in [0.29, 0.717) is 5.39 Å². The summed E-state index contributed by atoms with van der Waals surface area (Å²) < 4.78 is 37.7. The van der Waals surface area contributed by atoms with E-state index in [4.69, 9.17) is 0 Å². The summed E-state index contributed by atoms with van der Waals surface area (Å²) in [5.74, 6) is 0. The number of alkyl halides is 3. The van der Waals surface area contributed by atoms with Gasteiger partial charge in [-0.2, -0.15) is 13.2 Å². The first-order valence-corrected chi connectivity index (χ1v) is 5.17. The molecule has 0 radical (unpaired) electrons. The van der Waals surface area contributed by atoms with Crippen LogP contribution in [0.3, 0.4) is 0 Å². The third kappa shape index (κ3) is 2.44. The maximum atomic E-state index is 12.2. The van der Waals surface area contributed by atoms with Crippen molar-refractivity contribution >= 4 is 16.6 Å². The molecule has 0 fully saturated rings. The molecule has 0 atom stereocenters. The Balaban J connectivity index is 2.42. The van der Waals surface area contributed by atoms with Gasteiger partial charge in [-0.25, -0.2) is 0 Å². The molecule has 2 aromatic rings. The number of para-hydroxylation sites is 1. The largest absolute Gasteiger partial charge is 0.390 e. The molecular weight excluding hydrogens is 249 g/mol. The Morgan fingerprint density at radius 3 is 2.61 bits per heavy atom. The molecular formula is C11H9F3N2O2. The van der Waals surface area contributed by atoms with Crippen LogP contribution < -0.4 is 0 Å². The summed E-state index contributed by atoms with van der Waals surface area (Å²) in [6.45, 7) is -0.322. The van der Waals surface area contributed by atoms with Crippen molar-refractivity contribution in [2.24, 2.45) is 0 Å². The highest BCUT2D eigenvalue weighted by Crippen LogP contribution is 2.28. The maximum Gasteiger partial charge on any atom is 0.390 e. The van der Waals surface area contributed by atoms with Crippen molar-refractivity contribution in [1.29, 1.82) is 0 Å². The Hall–Kier alpha value is -2.05. The predicted octanol–water partition coefficient (Wildman–Crippen LogP) is 3.50. The second-order valence-corrected chi connectivity index (χ2v) is 3.85. The van der Waals surface area contributed by atoms with Crippen molar-refractivity contribution in [2.45, 2.75) is 19.1 Å².